The van der Waals surface area contributed by atoms with Crippen LogP contribution >= 0.6 is 0 Å². The maximum absolute atomic E-state index is 11.5. The number of aliphatic carboxylic acids is 1. The van der Waals surface area contributed by atoms with Crippen molar-refractivity contribution in [1.29, 1.82) is 0 Å². The van der Waals surface area contributed by atoms with Crippen molar-refractivity contribution in [3.8, 4) is 11.5 Å². The maximum Gasteiger partial charge on any atom is 0.220 e. The first kappa shape index (κ1) is 18.8. The quantitative estimate of drug-likeness (QED) is 0.622. The van der Waals surface area contributed by atoms with Crippen LogP contribution in [-0.2, 0) is 16.1 Å². The predicted molar refractivity (Wildman–Crippen MR) is 84.1 cm³/mol. The molecule has 0 atom stereocenters. The standard InChI is InChI=1S/C17H25NO5/c1-3-5-10-23-14-7-6-13(11-15(14)22-4-2)12-18-16(19)8-9-17(20)21/h6-7,11H,3-5,8-10,12H2,1-2H3,(H,18,19)(H,20,21)/p-1. The minimum Gasteiger partial charge on any atom is -0.550 e. The van der Waals surface area contributed by atoms with E-state index < -0.39 is 5.97 Å². The number of carboxylic acid groups (broad SMARTS) is 1. The normalized spacial score (nSPS) is 10.2. The molecule has 1 aromatic carbocycles. The molecular formula is C17H24NO5-. The fourth-order valence-electron chi connectivity index (χ4n) is 1.88. The summed E-state index contributed by atoms with van der Waals surface area (Å²) in [6.07, 6.45) is 1.67. The summed E-state index contributed by atoms with van der Waals surface area (Å²) in [6.45, 7) is 5.45. The van der Waals surface area contributed by atoms with Gasteiger partial charge in [-0.25, -0.2) is 0 Å². The first-order valence-corrected chi connectivity index (χ1v) is 7.91. The predicted octanol–water partition coefficient (Wildman–Crippen LogP) is 1.41. The maximum atomic E-state index is 11.5. The monoisotopic (exact) mass is 322 g/mol. The van der Waals surface area contributed by atoms with Crippen LogP contribution in [0.25, 0.3) is 0 Å². The van der Waals surface area contributed by atoms with E-state index in [2.05, 4.69) is 12.2 Å². The molecule has 0 aliphatic carbocycles. The Hall–Kier alpha value is -2.24. The van der Waals surface area contributed by atoms with Crippen molar-refractivity contribution in [3.63, 3.8) is 0 Å². The number of rotatable bonds is 11. The van der Waals surface area contributed by atoms with Crippen LogP contribution in [0.1, 0.15) is 45.1 Å². The molecule has 0 bridgehead atoms. The molecule has 0 aliphatic heterocycles. The third-order valence-electron chi connectivity index (χ3n) is 3.11. The molecule has 0 radical (unpaired) electrons. The summed E-state index contributed by atoms with van der Waals surface area (Å²) in [5, 5.41) is 13.0. The Kier molecular flexibility index (Phi) is 8.57. The Bertz CT molecular complexity index is 516. The van der Waals surface area contributed by atoms with E-state index in [0.29, 0.717) is 31.3 Å². The van der Waals surface area contributed by atoms with E-state index >= 15 is 0 Å². The Morgan fingerprint density at radius 1 is 1.13 bits per heavy atom. The van der Waals surface area contributed by atoms with Gasteiger partial charge in [-0.1, -0.05) is 19.4 Å². The Balaban J connectivity index is 2.60. The lowest BCUT2D eigenvalue weighted by Crippen LogP contribution is -2.27. The molecule has 1 rings (SSSR count). The average molecular weight is 322 g/mol. The largest absolute Gasteiger partial charge is 0.550 e. The van der Waals surface area contributed by atoms with Crippen molar-refractivity contribution in [1.82, 2.24) is 5.32 Å². The molecule has 1 N–H and O–H groups in total. The van der Waals surface area contributed by atoms with Gasteiger partial charge < -0.3 is 24.7 Å². The lowest BCUT2D eigenvalue weighted by molar-refractivity contribution is -0.305. The Morgan fingerprint density at radius 3 is 2.57 bits per heavy atom. The van der Waals surface area contributed by atoms with E-state index in [4.69, 9.17) is 9.47 Å². The molecule has 6 nitrogen and oxygen atoms in total. The molecule has 0 aromatic heterocycles. The van der Waals surface area contributed by atoms with E-state index in [1.807, 2.05) is 25.1 Å². The Morgan fingerprint density at radius 2 is 1.91 bits per heavy atom. The average Bonchev–Trinajstić information content (AvgIpc) is 2.53. The van der Waals surface area contributed by atoms with Crippen molar-refractivity contribution in [3.05, 3.63) is 23.8 Å². The van der Waals surface area contributed by atoms with Crippen LogP contribution < -0.4 is 19.9 Å². The van der Waals surface area contributed by atoms with Crippen molar-refractivity contribution in [2.24, 2.45) is 0 Å². The zero-order chi connectivity index (χ0) is 17.1. The number of ether oxygens (including phenoxy) is 2. The van der Waals surface area contributed by atoms with Crippen molar-refractivity contribution in [2.45, 2.75) is 46.1 Å². The van der Waals surface area contributed by atoms with Gasteiger partial charge in [0.25, 0.3) is 0 Å². The lowest BCUT2D eigenvalue weighted by atomic mass is 10.2. The van der Waals surface area contributed by atoms with Crippen LogP contribution in [0, 0.1) is 0 Å². The summed E-state index contributed by atoms with van der Waals surface area (Å²) in [6, 6.07) is 5.50. The second-order valence-corrected chi connectivity index (χ2v) is 5.06. The number of nitrogens with one attached hydrogen (secondary N) is 1. The molecule has 0 heterocycles. The van der Waals surface area contributed by atoms with E-state index in [1.165, 1.54) is 0 Å². The van der Waals surface area contributed by atoms with Gasteiger partial charge in [-0.3, -0.25) is 4.79 Å². The second kappa shape index (κ2) is 10.5. The molecule has 6 heteroatoms. The Labute approximate surface area is 136 Å². The molecule has 1 aromatic rings. The van der Waals surface area contributed by atoms with Gasteiger partial charge in [-0.2, -0.15) is 0 Å². The highest BCUT2D eigenvalue weighted by Crippen LogP contribution is 2.28. The number of unbranched alkanes of at least 4 members (excludes halogenated alkanes) is 1. The number of carboxylic acids is 1. The lowest BCUT2D eigenvalue weighted by Gasteiger charge is -2.13. The van der Waals surface area contributed by atoms with Crippen molar-refractivity contribution in [2.75, 3.05) is 13.2 Å². The van der Waals surface area contributed by atoms with Crippen LogP contribution in [0.3, 0.4) is 0 Å². The SMILES string of the molecule is CCCCOc1ccc(CNC(=O)CCC(=O)[O-])cc1OCC. The molecular weight excluding hydrogens is 298 g/mol. The molecule has 0 saturated carbocycles. The highest BCUT2D eigenvalue weighted by atomic mass is 16.5. The summed E-state index contributed by atoms with van der Waals surface area (Å²) < 4.78 is 11.3. The first-order chi connectivity index (χ1) is 11.1. The van der Waals surface area contributed by atoms with Gasteiger partial charge in [0.2, 0.25) is 5.91 Å². The van der Waals surface area contributed by atoms with Gasteiger partial charge in [0.1, 0.15) is 0 Å². The minimum atomic E-state index is -1.23. The zero-order valence-corrected chi connectivity index (χ0v) is 13.7. The summed E-state index contributed by atoms with van der Waals surface area (Å²) in [4.78, 5) is 21.8. The molecule has 0 spiro atoms. The number of hydrogen-bond donors (Lipinski definition) is 1. The molecule has 0 fully saturated rings. The fourth-order valence-corrected chi connectivity index (χ4v) is 1.88. The number of benzene rings is 1. The fraction of sp³-hybridized carbons (Fsp3) is 0.529. The molecule has 23 heavy (non-hydrogen) atoms. The molecule has 128 valence electrons. The van der Waals surface area contributed by atoms with Gasteiger partial charge in [-0.05, 0) is 37.5 Å². The molecule has 0 saturated heterocycles. The number of carbonyl (C=O) groups is 2. The number of amides is 1. The van der Waals surface area contributed by atoms with E-state index in [0.717, 1.165) is 18.4 Å². The van der Waals surface area contributed by atoms with Gasteiger partial charge in [0.15, 0.2) is 11.5 Å². The third kappa shape index (κ3) is 7.54. The number of hydrogen-bond acceptors (Lipinski definition) is 5. The number of carbonyl (C=O) groups excluding carboxylic acids is 2. The summed E-state index contributed by atoms with van der Waals surface area (Å²) >= 11 is 0. The van der Waals surface area contributed by atoms with Crippen LogP contribution in [-0.4, -0.2) is 25.1 Å². The third-order valence-corrected chi connectivity index (χ3v) is 3.11. The summed E-state index contributed by atoms with van der Waals surface area (Å²) in [5.74, 6) is -0.222. The topological polar surface area (TPSA) is 87.7 Å². The summed E-state index contributed by atoms with van der Waals surface area (Å²) in [7, 11) is 0. The second-order valence-electron chi connectivity index (χ2n) is 5.06. The molecule has 0 unspecified atom stereocenters. The van der Waals surface area contributed by atoms with Crippen LogP contribution in [0.2, 0.25) is 0 Å². The van der Waals surface area contributed by atoms with Crippen LogP contribution in [0.4, 0.5) is 0 Å². The zero-order valence-electron chi connectivity index (χ0n) is 13.7. The van der Waals surface area contributed by atoms with E-state index in [-0.39, 0.29) is 18.7 Å². The van der Waals surface area contributed by atoms with E-state index in [1.54, 1.807) is 0 Å². The van der Waals surface area contributed by atoms with Crippen LogP contribution in [0.5, 0.6) is 11.5 Å². The van der Waals surface area contributed by atoms with Crippen molar-refractivity contribution >= 4 is 11.9 Å². The van der Waals surface area contributed by atoms with Crippen molar-refractivity contribution < 1.29 is 24.2 Å². The van der Waals surface area contributed by atoms with E-state index in [9.17, 15) is 14.7 Å². The highest BCUT2D eigenvalue weighted by molar-refractivity contribution is 5.79. The van der Waals surface area contributed by atoms with Gasteiger partial charge in [0.05, 0.1) is 13.2 Å². The molecule has 0 aliphatic rings. The van der Waals surface area contributed by atoms with Gasteiger partial charge >= 0.3 is 0 Å². The van der Waals surface area contributed by atoms with Crippen LogP contribution in [0.15, 0.2) is 18.2 Å². The van der Waals surface area contributed by atoms with Gasteiger partial charge in [-0.15, -0.1) is 0 Å². The van der Waals surface area contributed by atoms with Gasteiger partial charge in [0, 0.05) is 18.9 Å². The summed E-state index contributed by atoms with van der Waals surface area (Å²) in [5.41, 5.74) is 0.859. The first-order valence-electron chi connectivity index (χ1n) is 7.91. The highest BCUT2D eigenvalue weighted by Gasteiger charge is 2.08. The minimum absolute atomic E-state index is 0.0845. The molecule has 1 amide bonds. The smallest absolute Gasteiger partial charge is 0.220 e.